The number of anilines is 1. The summed E-state index contributed by atoms with van der Waals surface area (Å²) in [6.07, 6.45) is 0.966. The van der Waals surface area contributed by atoms with E-state index >= 15 is 0 Å². The van der Waals surface area contributed by atoms with Crippen LogP contribution in [0.4, 0.5) is 5.69 Å². The van der Waals surface area contributed by atoms with Gasteiger partial charge >= 0.3 is 0 Å². The average Bonchev–Trinajstić information content (AvgIpc) is 2.81. The minimum Gasteiger partial charge on any atom is -0.339 e. The van der Waals surface area contributed by atoms with Crippen LogP contribution in [0.25, 0.3) is 0 Å². The van der Waals surface area contributed by atoms with Crippen molar-refractivity contribution in [2.45, 2.75) is 32.4 Å². The third-order valence-electron chi connectivity index (χ3n) is 4.58. The van der Waals surface area contributed by atoms with E-state index in [0.29, 0.717) is 16.8 Å². The van der Waals surface area contributed by atoms with Gasteiger partial charge in [-0.05, 0) is 68.4 Å². The highest BCUT2D eigenvalue weighted by molar-refractivity contribution is 5.97. The van der Waals surface area contributed by atoms with Crippen LogP contribution >= 0.6 is 0 Å². The Kier molecular flexibility index (Phi) is 10.0. The van der Waals surface area contributed by atoms with Crippen molar-refractivity contribution in [3.8, 4) is 11.8 Å². The maximum atomic E-state index is 12.4. The summed E-state index contributed by atoms with van der Waals surface area (Å²) in [5.41, 5.74) is 9.67. The summed E-state index contributed by atoms with van der Waals surface area (Å²) < 4.78 is 0. The lowest BCUT2D eigenvalue weighted by atomic mass is 10.1. The number of hydrogen-bond donors (Lipinski definition) is 6. The lowest BCUT2D eigenvalue weighted by molar-refractivity contribution is -0.131. The van der Waals surface area contributed by atoms with Gasteiger partial charge in [0.2, 0.25) is 5.91 Å². The Hall–Kier alpha value is -3.71. The topological polar surface area (TPSA) is 146 Å². The molecule has 0 unspecified atom stereocenters. The fourth-order valence-electron chi connectivity index (χ4n) is 2.80. The first-order valence-electron chi connectivity index (χ1n) is 10.6. The van der Waals surface area contributed by atoms with Crippen LogP contribution in [0.3, 0.4) is 0 Å². The number of rotatable bonds is 9. The SMILES string of the molecule is CCCNCC(=O)Nc1ccc(C#Cc2ccc(C(=O)N[C@H](C(=O)NO)[C@@H](C)N)cc2)cc1. The Morgan fingerprint density at radius 1 is 1.00 bits per heavy atom. The Balaban J connectivity index is 1.96. The van der Waals surface area contributed by atoms with Crippen molar-refractivity contribution in [1.82, 2.24) is 16.1 Å². The number of amides is 3. The van der Waals surface area contributed by atoms with Crippen molar-refractivity contribution >= 4 is 23.4 Å². The van der Waals surface area contributed by atoms with Gasteiger partial charge in [0.15, 0.2) is 0 Å². The second kappa shape index (κ2) is 13.0. The smallest absolute Gasteiger partial charge is 0.267 e. The molecule has 0 aliphatic rings. The first-order chi connectivity index (χ1) is 15.8. The molecule has 0 spiro atoms. The van der Waals surface area contributed by atoms with E-state index in [9.17, 15) is 14.4 Å². The third kappa shape index (κ3) is 8.38. The number of carbonyl (C=O) groups excluding carboxylic acids is 3. The van der Waals surface area contributed by atoms with E-state index in [1.807, 2.05) is 19.1 Å². The lowest BCUT2D eigenvalue weighted by Gasteiger charge is -2.20. The van der Waals surface area contributed by atoms with Crippen LogP contribution < -0.4 is 27.2 Å². The molecule has 2 aromatic rings. The molecule has 0 radical (unpaired) electrons. The van der Waals surface area contributed by atoms with Crippen LogP contribution in [-0.4, -0.2) is 48.1 Å². The zero-order chi connectivity index (χ0) is 24.2. The Morgan fingerprint density at radius 3 is 2.09 bits per heavy atom. The van der Waals surface area contributed by atoms with Gasteiger partial charge in [0, 0.05) is 28.4 Å². The zero-order valence-corrected chi connectivity index (χ0v) is 18.6. The monoisotopic (exact) mass is 451 g/mol. The summed E-state index contributed by atoms with van der Waals surface area (Å²) in [4.78, 5) is 35.8. The van der Waals surface area contributed by atoms with Crippen molar-refractivity contribution in [2.75, 3.05) is 18.4 Å². The van der Waals surface area contributed by atoms with E-state index in [-0.39, 0.29) is 12.5 Å². The molecule has 0 aliphatic heterocycles. The molecular formula is C24H29N5O4. The molecule has 2 aromatic carbocycles. The zero-order valence-electron chi connectivity index (χ0n) is 18.6. The van der Waals surface area contributed by atoms with Crippen LogP contribution in [0, 0.1) is 11.8 Å². The first-order valence-corrected chi connectivity index (χ1v) is 10.6. The molecule has 0 saturated heterocycles. The lowest BCUT2D eigenvalue weighted by Crippen LogP contribution is -2.54. The van der Waals surface area contributed by atoms with Gasteiger partial charge in [-0.25, -0.2) is 5.48 Å². The molecule has 2 rings (SSSR count). The summed E-state index contributed by atoms with van der Waals surface area (Å²) in [6, 6.07) is 12.0. The van der Waals surface area contributed by atoms with Crippen molar-refractivity contribution in [1.29, 1.82) is 0 Å². The first kappa shape index (κ1) is 25.5. The van der Waals surface area contributed by atoms with Gasteiger partial charge < -0.3 is 21.7 Å². The number of hydrogen-bond acceptors (Lipinski definition) is 6. The van der Waals surface area contributed by atoms with Gasteiger partial charge in [0.1, 0.15) is 6.04 Å². The van der Waals surface area contributed by atoms with Gasteiger partial charge in [0.25, 0.3) is 11.8 Å². The molecule has 0 heterocycles. The van der Waals surface area contributed by atoms with Crippen LogP contribution in [0.1, 0.15) is 41.8 Å². The van der Waals surface area contributed by atoms with Crippen LogP contribution in [-0.2, 0) is 9.59 Å². The predicted octanol–water partition coefficient (Wildman–Crippen LogP) is 0.976. The normalized spacial score (nSPS) is 12.0. The Bertz CT molecular complexity index is 1010. The van der Waals surface area contributed by atoms with E-state index < -0.39 is 23.9 Å². The Labute approximate surface area is 193 Å². The van der Waals surface area contributed by atoms with Crippen LogP contribution in [0.5, 0.6) is 0 Å². The van der Waals surface area contributed by atoms with Gasteiger partial charge in [-0.3, -0.25) is 19.6 Å². The highest BCUT2D eigenvalue weighted by atomic mass is 16.5. The number of carbonyl (C=O) groups is 3. The fraction of sp³-hybridized carbons (Fsp3) is 0.292. The van der Waals surface area contributed by atoms with Crippen molar-refractivity contribution < 1.29 is 19.6 Å². The van der Waals surface area contributed by atoms with E-state index in [0.717, 1.165) is 18.5 Å². The molecule has 0 fully saturated rings. The van der Waals surface area contributed by atoms with Crippen molar-refractivity contribution in [3.63, 3.8) is 0 Å². The highest BCUT2D eigenvalue weighted by Crippen LogP contribution is 2.09. The molecular weight excluding hydrogens is 422 g/mol. The number of hydroxylamine groups is 1. The summed E-state index contributed by atoms with van der Waals surface area (Å²) >= 11 is 0. The quantitative estimate of drug-likeness (QED) is 0.145. The van der Waals surface area contributed by atoms with Crippen molar-refractivity contribution in [2.24, 2.45) is 5.73 Å². The minimum absolute atomic E-state index is 0.101. The fourth-order valence-corrected chi connectivity index (χ4v) is 2.80. The van der Waals surface area contributed by atoms with Gasteiger partial charge in [0.05, 0.1) is 6.54 Å². The van der Waals surface area contributed by atoms with Crippen LogP contribution in [0.2, 0.25) is 0 Å². The minimum atomic E-state index is -1.07. The standard InChI is InChI=1S/C24H29N5O4/c1-3-14-26-15-21(30)27-20-12-8-18(9-13-20)5-4-17-6-10-19(11-7-17)23(31)28-22(16(2)25)24(32)29-33/h6-13,16,22,26,33H,3,14-15,25H2,1-2H3,(H,27,30)(H,28,31)(H,29,32)/t16-,22+/m1/s1. The Morgan fingerprint density at radius 2 is 1.58 bits per heavy atom. The summed E-state index contributed by atoms with van der Waals surface area (Å²) in [7, 11) is 0. The molecule has 0 aliphatic carbocycles. The second-order valence-electron chi connectivity index (χ2n) is 7.42. The number of nitrogens with one attached hydrogen (secondary N) is 4. The van der Waals surface area contributed by atoms with Gasteiger partial charge in [-0.2, -0.15) is 0 Å². The van der Waals surface area contributed by atoms with E-state index in [2.05, 4.69) is 27.8 Å². The molecule has 3 amide bonds. The molecule has 0 aromatic heterocycles. The molecule has 33 heavy (non-hydrogen) atoms. The average molecular weight is 452 g/mol. The largest absolute Gasteiger partial charge is 0.339 e. The van der Waals surface area contributed by atoms with Gasteiger partial charge in [-0.15, -0.1) is 0 Å². The maximum absolute atomic E-state index is 12.4. The van der Waals surface area contributed by atoms with Crippen molar-refractivity contribution in [3.05, 3.63) is 65.2 Å². The maximum Gasteiger partial charge on any atom is 0.267 e. The van der Waals surface area contributed by atoms with Gasteiger partial charge in [-0.1, -0.05) is 18.8 Å². The summed E-state index contributed by atoms with van der Waals surface area (Å²) in [5, 5.41) is 17.1. The summed E-state index contributed by atoms with van der Waals surface area (Å²) in [5.74, 6) is 4.65. The summed E-state index contributed by atoms with van der Waals surface area (Å²) in [6.45, 7) is 4.64. The molecule has 2 atom stereocenters. The highest BCUT2D eigenvalue weighted by Gasteiger charge is 2.24. The molecule has 9 heteroatoms. The predicted molar refractivity (Wildman–Crippen MR) is 125 cm³/mol. The molecule has 7 N–H and O–H groups in total. The van der Waals surface area contributed by atoms with Crippen LogP contribution in [0.15, 0.2) is 48.5 Å². The molecule has 9 nitrogen and oxygen atoms in total. The molecule has 0 saturated carbocycles. The molecule has 0 bridgehead atoms. The molecule has 174 valence electrons. The van der Waals surface area contributed by atoms with E-state index in [1.54, 1.807) is 43.3 Å². The van der Waals surface area contributed by atoms with E-state index in [4.69, 9.17) is 10.9 Å². The number of benzene rings is 2. The third-order valence-corrected chi connectivity index (χ3v) is 4.58. The number of nitrogens with two attached hydrogens (primary N) is 1. The second-order valence-corrected chi connectivity index (χ2v) is 7.42. The van der Waals surface area contributed by atoms with E-state index in [1.165, 1.54) is 5.48 Å².